The van der Waals surface area contributed by atoms with E-state index < -0.39 is 5.60 Å². The minimum Gasteiger partial charge on any atom is -0.385 e. The Morgan fingerprint density at radius 1 is 1.29 bits per heavy atom. The van der Waals surface area contributed by atoms with Gasteiger partial charge in [-0.15, -0.1) is 5.10 Å². The summed E-state index contributed by atoms with van der Waals surface area (Å²) in [5.74, 6) is -0.131. The van der Waals surface area contributed by atoms with Crippen LogP contribution in [0.3, 0.4) is 0 Å². The third kappa shape index (κ3) is 3.03. The lowest BCUT2D eigenvalue weighted by atomic mass is 9.84. The molecule has 0 unspecified atom stereocenters. The van der Waals surface area contributed by atoms with Crippen molar-refractivity contribution in [2.24, 2.45) is 0 Å². The number of rotatable bonds is 3. The predicted octanol–water partition coefficient (Wildman–Crippen LogP) is 2.38. The van der Waals surface area contributed by atoms with Crippen LogP contribution in [0.4, 0.5) is 0 Å². The zero-order valence-corrected chi connectivity index (χ0v) is 14.6. The van der Waals surface area contributed by atoms with Gasteiger partial charge in [-0.1, -0.05) is 29.8 Å². The quantitative estimate of drug-likeness (QED) is 0.924. The minimum atomic E-state index is -0.995. The predicted molar refractivity (Wildman–Crippen MR) is 90.9 cm³/mol. The van der Waals surface area contributed by atoms with Crippen LogP contribution in [-0.2, 0) is 12.1 Å². The smallest absolute Gasteiger partial charge is 0.276 e. The molecule has 1 aliphatic rings. The molecule has 0 aliphatic carbocycles. The summed E-state index contributed by atoms with van der Waals surface area (Å²) in [6.07, 6.45) is 0.896. The van der Waals surface area contributed by atoms with E-state index in [-0.39, 0.29) is 5.91 Å². The van der Waals surface area contributed by atoms with Gasteiger partial charge in [0.05, 0.1) is 17.8 Å². The number of benzene rings is 1. The van der Waals surface area contributed by atoms with E-state index in [1.54, 1.807) is 17.9 Å². The molecule has 7 heteroatoms. The Labute approximate surface area is 146 Å². The van der Waals surface area contributed by atoms with E-state index in [0.717, 1.165) is 5.56 Å². The highest BCUT2D eigenvalue weighted by Gasteiger charge is 2.37. The Bertz CT molecular complexity index is 751. The maximum absolute atomic E-state index is 12.7. The van der Waals surface area contributed by atoms with Crippen LogP contribution in [0.1, 0.15) is 41.5 Å². The first kappa shape index (κ1) is 16.9. The summed E-state index contributed by atoms with van der Waals surface area (Å²) < 4.78 is 0. The summed E-state index contributed by atoms with van der Waals surface area (Å²) in [4.78, 5) is 15.9. The molecule has 0 spiro atoms. The van der Waals surface area contributed by atoms with Gasteiger partial charge in [0.1, 0.15) is 0 Å². The van der Waals surface area contributed by atoms with Crippen molar-refractivity contribution in [3.63, 3.8) is 0 Å². The van der Waals surface area contributed by atoms with Crippen LogP contribution in [0.5, 0.6) is 0 Å². The summed E-state index contributed by atoms with van der Waals surface area (Å²) in [5.41, 5.74) is 0.756. The van der Waals surface area contributed by atoms with Crippen molar-refractivity contribution in [3.8, 4) is 0 Å². The Hall–Kier alpha value is -1.92. The first-order chi connectivity index (χ1) is 11.4. The summed E-state index contributed by atoms with van der Waals surface area (Å²) in [7, 11) is 0. The molecule has 1 fully saturated rings. The monoisotopic (exact) mass is 348 g/mol. The molecule has 128 valence electrons. The number of aliphatic hydroxyl groups is 1. The lowest BCUT2D eigenvalue weighted by Gasteiger charge is -2.38. The van der Waals surface area contributed by atoms with Crippen molar-refractivity contribution in [2.75, 3.05) is 13.1 Å². The van der Waals surface area contributed by atoms with Gasteiger partial charge in [0.2, 0.25) is 0 Å². The van der Waals surface area contributed by atoms with E-state index in [4.69, 9.17) is 11.6 Å². The highest BCUT2D eigenvalue weighted by Crippen LogP contribution is 2.36. The number of carbonyl (C=O) groups excluding carboxylic acids is 1. The van der Waals surface area contributed by atoms with Crippen molar-refractivity contribution in [1.82, 2.24) is 19.9 Å². The highest BCUT2D eigenvalue weighted by molar-refractivity contribution is 6.31. The first-order valence-electron chi connectivity index (χ1n) is 8.13. The van der Waals surface area contributed by atoms with Crippen LogP contribution >= 0.6 is 11.6 Å². The molecule has 1 aliphatic heterocycles. The number of aryl methyl sites for hydroxylation is 2. The number of hydrogen-bond acceptors (Lipinski definition) is 4. The second-order valence-corrected chi connectivity index (χ2v) is 6.53. The average Bonchev–Trinajstić information content (AvgIpc) is 2.96. The Morgan fingerprint density at radius 2 is 1.96 bits per heavy atom. The van der Waals surface area contributed by atoms with Crippen LogP contribution in [0.25, 0.3) is 0 Å². The molecule has 24 heavy (non-hydrogen) atoms. The molecule has 1 aromatic carbocycles. The largest absolute Gasteiger partial charge is 0.385 e. The molecule has 0 atom stereocenters. The lowest BCUT2D eigenvalue weighted by molar-refractivity contribution is -0.0212. The van der Waals surface area contributed by atoms with Crippen molar-refractivity contribution in [2.45, 2.75) is 38.8 Å². The van der Waals surface area contributed by atoms with E-state index in [1.165, 1.54) is 4.80 Å². The topological polar surface area (TPSA) is 71.2 Å². The van der Waals surface area contributed by atoms with Gasteiger partial charge >= 0.3 is 0 Å². The van der Waals surface area contributed by atoms with E-state index in [0.29, 0.717) is 48.9 Å². The molecule has 0 saturated carbocycles. The number of hydrogen-bond donors (Lipinski definition) is 1. The SMILES string of the molecule is CCn1nc(C)c(C(=O)N2CCC(O)(c3ccccc3Cl)CC2)n1. The zero-order valence-electron chi connectivity index (χ0n) is 13.9. The number of aromatic nitrogens is 3. The van der Waals surface area contributed by atoms with E-state index in [2.05, 4.69) is 10.2 Å². The summed E-state index contributed by atoms with van der Waals surface area (Å²) in [6.45, 7) is 5.26. The lowest BCUT2D eigenvalue weighted by Crippen LogP contribution is -2.45. The van der Waals surface area contributed by atoms with Crippen LogP contribution < -0.4 is 0 Å². The molecule has 2 heterocycles. The summed E-state index contributed by atoms with van der Waals surface area (Å²) >= 11 is 6.22. The molecule has 6 nitrogen and oxygen atoms in total. The first-order valence-corrected chi connectivity index (χ1v) is 8.51. The summed E-state index contributed by atoms with van der Waals surface area (Å²) in [5, 5.41) is 20.0. The van der Waals surface area contributed by atoms with Gasteiger partial charge in [0.15, 0.2) is 5.69 Å². The second kappa shape index (κ2) is 6.53. The Morgan fingerprint density at radius 3 is 2.54 bits per heavy atom. The number of piperidine rings is 1. The minimum absolute atomic E-state index is 0.131. The molecule has 1 amide bonds. The molecule has 0 radical (unpaired) electrons. The van der Waals surface area contributed by atoms with Crippen LogP contribution in [-0.4, -0.2) is 44.0 Å². The fraction of sp³-hybridized carbons (Fsp3) is 0.471. The van der Waals surface area contributed by atoms with Crippen molar-refractivity contribution < 1.29 is 9.90 Å². The normalized spacial score (nSPS) is 17.1. The number of likely N-dealkylation sites (tertiary alicyclic amines) is 1. The van der Waals surface area contributed by atoms with Crippen LogP contribution in [0.15, 0.2) is 24.3 Å². The third-order valence-corrected chi connectivity index (χ3v) is 4.89. The van der Waals surface area contributed by atoms with Crippen molar-refractivity contribution >= 4 is 17.5 Å². The number of amides is 1. The van der Waals surface area contributed by atoms with Gasteiger partial charge in [0, 0.05) is 23.7 Å². The average molecular weight is 349 g/mol. The Balaban J connectivity index is 1.74. The fourth-order valence-electron chi connectivity index (χ4n) is 3.11. The van der Waals surface area contributed by atoms with Gasteiger partial charge in [-0.3, -0.25) is 4.79 Å². The van der Waals surface area contributed by atoms with Gasteiger partial charge in [-0.05, 0) is 32.8 Å². The number of carbonyl (C=O) groups is 1. The van der Waals surface area contributed by atoms with Gasteiger partial charge in [-0.2, -0.15) is 9.90 Å². The molecular weight excluding hydrogens is 328 g/mol. The fourth-order valence-corrected chi connectivity index (χ4v) is 3.42. The van der Waals surface area contributed by atoms with Crippen molar-refractivity contribution in [1.29, 1.82) is 0 Å². The third-order valence-electron chi connectivity index (χ3n) is 4.56. The second-order valence-electron chi connectivity index (χ2n) is 6.13. The Kier molecular flexibility index (Phi) is 4.60. The van der Waals surface area contributed by atoms with E-state index >= 15 is 0 Å². The molecule has 1 N–H and O–H groups in total. The van der Waals surface area contributed by atoms with Gasteiger partial charge < -0.3 is 10.0 Å². The maximum Gasteiger partial charge on any atom is 0.276 e. The maximum atomic E-state index is 12.7. The van der Waals surface area contributed by atoms with Crippen LogP contribution in [0, 0.1) is 6.92 Å². The molecule has 1 aromatic heterocycles. The molecular formula is C17H21ClN4O2. The van der Waals surface area contributed by atoms with Crippen molar-refractivity contribution in [3.05, 3.63) is 46.2 Å². The molecule has 2 aromatic rings. The molecule has 1 saturated heterocycles. The summed E-state index contributed by atoms with van der Waals surface area (Å²) in [6, 6.07) is 7.33. The molecule has 0 bridgehead atoms. The number of nitrogens with zero attached hydrogens (tertiary/aromatic N) is 4. The number of halogens is 1. The van der Waals surface area contributed by atoms with E-state index in [1.807, 2.05) is 25.1 Å². The zero-order chi connectivity index (χ0) is 17.3. The highest BCUT2D eigenvalue weighted by atomic mass is 35.5. The van der Waals surface area contributed by atoms with Gasteiger partial charge in [0.25, 0.3) is 5.91 Å². The van der Waals surface area contributed by atoms with Gasteiger partial charge in [-0.25, -0.2) is 0 Å². The van der Waals surface area contributed by atoms with E-state index in [9.17, 15) is 9.90 Å². The van der Waals surface area contributed by atoms with Crippen LogP contribution in [0.2, 0.25) is 5.02 Å². The standard InChI is InChI=1S/C17H21ClN4O2/c1-3-22-19-12(2)15(20-22)16(23)21-10-8-17(24,9-11-21)13-6-4-5-7-14(13)18/h4-7,24H,3,8-11H2,1-2H3. The molecule has 3 rings (SSSR count).